The van der Waals surface area contributed by atoms with Crippen LogP contribution in [0.1, 0.15) is 44.9 Å². The zero-order chi connectivity index (χ0) is 14.7. The minimum atomic E-state index is -1.02. The van der Waals surface area contributed by atoms with E-state index >= 15 is 0 Å². The van der Waals surface area contributed by atoms with Crippen LogP contribution < -0.4 is 0 Å². The normalized spacial score (nSPS) is 10.2. The Labute approximate surface area is 127 Å². The summed E-state index contributed by atoms with van der Waals surface area (Å²) in [6, 6.07) is 0. The van der Waals surface area contributed by atoms with Crippen molar-refractivity contribution in [1.82, 2.24) is 9.96 Å². The summed E-state index contributed by atoms with van der Waals surface area (Å²) in [4.78, 5) is 23.8. The second kappa shape index (κ2) is 13.1. The minimum absolute atomic E-state index is 0. The summed E-state index contributed by atoms with van der Waals surface area (Å²) in [5.41, 5.74) is 0. The number of hydroxylamine groups is 2. The SMILES string of the molecule is CN(C)CCCCCCCC(=O)N(O)CCC(=O)O.Cl. The van der Waals surface area contributed by atoms with E-state index in [-0.39, 0.29) is 31.8 Å². The van der Waals surface area contributed by atoms with Gasteiger partial charge in [-0.3, -0.25) is 14.8 Å². The Hall–Kier alpha value is -0.850. The molecule has 0 aromatic carbocycles. The van der Waals surface area contributed by atoms with Gasteiger partial charge in [-0.15, -0.1) is 12.4 Å². The van der Waals surface area contributed by atoms with Crippen molar-refractivity contribution in [2.24, 2.45) is 0 Å². The molecular weight excluding hydrogens is 284 g/mol. The number of carbonyl (C=O) groups excluding carboxylic acids is 1. The number of nitrogens with zero attached hydrogens (tertiary/aromatic N) is 2. The summed E-state index contributed by atoms with van der Waals surface area (Å²) in [7, 11) is 4.09. The number of hydrogen-bond donors (Lipinski definition) is 2. The fourth-order valence-corrected chi connectivity index (χ4v) is 1.69. The number of aliphatic carboxylic acids is 1. The lowest BCUT2D eigenvalue weighted by Crippen LogP contribution is -2.29. The Balaban J connectivity index is 0. The van der Waals surface area contributed by atoms with E-state index < -0.39 is 11.9 Å². The van der Waals surface area contributed by atoms with Crippen LogP contribution in [0, 0.1) is 0 Å². The minimum Gasteiger partial charge on any atom is -0.481 e. The fourth-order valence-electron chi connectivity index (χ4n) is 1.69. The second-order valence-electron chi connectivity index (χ2n) is 4.98. The van der Waals surface area contributed by atoms with E-state index in [1.807, 2.05) is 14.1 Å². The van der Waals surface area contributed by atoms with E-state index in [0.29, 0.717) is 5.06 Å². The Morgan fingerprint density at radius 2 is 1.45 bits per heavy atom. The molecule has 0 aromatic rings. The van der Waals surface area contributed by atoms with Gasteiger partial charge in [-0.05, 0) is 33.5 Å². The lowest BCUT2D eigenvalue weighted by Gasteiger charge is -2.13. The third-order valence-electron chi connectivity index (χ3n) is 2.82. The number of rotatable bonds is 11. The standard InChI is InChI=1S/C13H26N2O4.ClH/c1-14(2)10-7-5-3-4-6-8-12(16)15(19)11-9-13(17)18;/h19H,3-11H2,1-2H3,(H,17,18);1H. The molecule has 7 heteroatoms. The average Bonchev–Trinajstić information content (AvgIpc) is 2.33. The van der Waals surface area contributed by atoms with E-state index in [4.69, 9.17) is 5.11 Å². The van der Waals surface area contributed by atoms with Crippen molar-refractivity contribution in [1.29, 1.82) is 0 Å². The van der Waals surface area contributed by atoms with Crippen LogP contribution in [-0.4, -0.2) is 59.3 Å². The van der Waals surface area contributed by atoms with Crippen LogP contribution in [0.3, 0.4) is 0 Å². The van der Waals surface area contributed by atoms with E-state index in [1.54, 1.807) is 0 Å². The van der Waals surface area contributed by atoms with Gasteiger partial charge in [0.25, 0.3) is 0 Å². The quantitative estimate of drug-likeness (QED) is 0.346. The van der Waals surface area contributed by atoms with Gasteiger partial charge in [0.15, 0.2) is 0 Å². The van der Waals surface area contributed by atoms with Crippen molar-refractivity contribution in [2.45, 2.75) is 44.9 Å². The maximum atomic E-state index is 11.4. The number of amides is 1. The highest BCUT2D eigenvalue weighted by atomic mass is 35.5. The van der Waals surface area contributed by atoms with Crippen LogP contribution in [-0.2, 0) is 9.59 Å². The molecule has 0 bridgehead atoms. The highest BCUT2D eigenvalue weighted by molar-refractivity contribution is 5.85. The zero-order valence-corrected chi connectivity index (χ0v) is 13.2. The second-order valence-corrected chi connectivity index (χ2v) is 4.98. The summed E-state index contributed by atoms with van der Waals surface area (Å²) >= 11 is 0. The molecule has 0 saturated heterocycles. The lowest BCUT2D eigenvalue weighted by molar-refractivity contribution is -0.167. The third-order valence-corrected chi connectivity index (χ3v) is 2.82. The summed E-state index contributed by atoms with van der Waals surface area (Å²) in [6.07, 6.45) is 5.15. The van der Waals surface area contributed by atoms with Crippen molar-refractivity contribution in [3.8, 4) is 0 Å². The maximum absolute atomic E-state index is 11.4. The Morgan fingerprint density at radius 1 is 0.900 bits per heavy atom. The van der Waals surface area contributed by atoms with Crippen LogP contribution in [0.5, 0.6) is 0 Å². The van der Waals surface area contributed by atoms with Crippen LogP contribution >= 0.6 is 12.4 Å². The molecule has 20 heavy (non-hydrogen) atoms. The van der Waals surface area contributed by atoms with Gasteiger partial charge in [-0.1, -0.05) is 19.3 Å². The topological polar surface area (TPSA) is 81.1 Å². The molecule has 6 nitrogen and oxygen atoms in total. The molecule has 0 unspecified atom stereocenters. The third kappa shape index (κ3) is 13.6. The number of hydrogen-bond acceptors (Lipinski definition) is 4. The van der Waals surface area contributed by atoms with Crippen molar-refractivity contribution >= 4 is 24.3 Å². The van der Waals surface area contributed by atoms with Gasteiger partial charge in [0.1, 0.15) is 0 Å². The highest BCUT2D eigenvalue weighted by Gasteiger charge is 2.11. The molecule has 0 saturated carbocycles. The lowest BCUT2D eigenvalue weighted by atomic mass is 10.1. The maximum Gasteiger partial charge on any atom is 0.305 e. The first-order valence-corrected chi connectivity index (χ1v) is 6.79. The van der Waals surface area contributed by atoms with Crippen molar-refractivity contribution in [2.75, 3.05) is 27.2 Å². The molecule has 1 amide bonds. The molecule has 0 aliphatic carbocycles. The Morgan fingerprint density at radius 3 is 2.00 bits per heavy atom. The van der Waals surface area contributed by atoms with Crippen LogP contribution in [0.4, 0.5) is 0 Å². The van der Waals surface area contributed by atoms with E-state index in [0.717, 1.165) is 38.6 Å². The van der Waals surface area contributed by atoms with Gasteiger partial charge in [-0.25, -0.2) is 5.06 Å². The van der Waals surface area contributed by atoms with Crippen LogP contribution in [0.2, 0.25) is 0 Å². The molecule has 0 aliphatic rings. The molecule has 0 aromatic heterocycles. The molecule has 120 valence electrons. The molecule has 0 radical (unpaired) electrons. The predicted molar refractivity (Wildman–Crippen MR) is 79.3 cm³/mol. The summed E-state index contributed by atoms with van der Waals surface area (Å²) in [5.74, 6) is -1.41. The van der Waals surface area contributed by atoms with E-state index in [9.17, 15) is 14.8 Å². The molecule has 0 heterocycles. The van der Waals surface area contributed by atoms with Gasteiger partial charge in [0.2, 0.25) is 5.91 Å². The van der Waals surface area contributed by atoms with E-state index in [2.05, 4.69) is 4.90 Å². The highest BCUT2D eigenvalue weighted by Crippen LogP contribution is 2.07. The number of carbonyl (C=O) groups is 2. The summed E-state index contributed by atoms with van der Waals surface area (Å²) in [6.45, 7) is 0.940. The molecule has 0 aliphatic heterocycles. The van der Waals surface area contributed by atoms with Gasteiger partial charge < -0.3 is 10.0 Å². The molecule has 2 N–H and O–H groups in total. The number of unbranched alkanes of at least 4 members (excludes halogenated alkanes) is 4. The predicted octanol–water partition coefficient (Wildman–Crippen LogP) is 2.00. The Bertz CT molecular complexity index is 275. The zero-order valence-electron chi connectivity index (χ0n) is 12.4. The summed E-state index contributed by atoms with van der Waals surface area (Å²) in [5, 5.41) is 18.2. The first-order valence-electron chi connectivity index (χ1n) is 6.79. The Kier molecular flexibility index (Phi) is 14.1. The molecule has 0 fully saturated rings. The first-order chi connectivity index (χ1) is 8.93. The van der Waals surface area contributed by atoms with Gasteiger partial charge in [0, 0.05) is 6.42 Å². The van der Waals surface area contributed by atoms with Gasteiger partial charge >= 0.3 is 5.97 Å². The molecule has 0 spiro atoms. The van der Waals surface area contributed by atoms with Crippen molar-refractivity contribution < 1.29 is 19.9 Å². The molecule has 0 rings (SSSR count). The van der Waals surface area contributed by atoms with Crippen molar-refractivity contribution in [3.05, 3.63) is 0 Å². The first kappa shape index (κ1) is 21.4. The van der Waals surface area contributed by atoms with E-state index in [1.165, 1.54) is 0 Å². The number of carboxylic acids is 1. The number of carboxylic acid groups (broad SMARTS) is 1. The number of halogens is 1. The fraction of sp³-hybridized carbons (Fsp3) is 0.846. The van der Waals surface area contributed by atoms with Crippen LogP contribution in [0.15, 0.2) is 0 Å². The smallest absolute Gasteiger partial charge is 0.305 e. The largest absolute Gasteiger partial charge is 0.481 e. The summed E-state index contributed by atoms with van der Waals surface area (Å²) < 4.78 is 0. The van der Waals surface area contributed by atoms with Crippen LogP contribution in [0.25, 0.3) is 0 Å². The van der Waals surface area contributed by atoms with Gasteiger partial charge in [-0.2, -0.15) is 0 Å². The van der Waals surface area contributed by atoms with Crippen molar-refractivity contribution in [3.63, 3.8) is 0 Å². The molecule has 0 atom stereocenters. The average molecular weight is 311 g/mol. The van der Waals surface area contributed by atoms with Gasteiger partial charge in [0.05, 0.1) is 13.0 Å². The monoisotopic (exact) mass is 310 g/mol. The molecular formula is C13H27ClN2O4.